The number of fused-ring (bicyclic) bond motifs is 8. The molecule has 2 aliphatic rings. The molecular formula is C84H74N4O8S2. The van der Waals surface area contributed by atoms with Gasteiger partial charge in [0.15, 0.2) is 0 Å². The minimum absolute atomic E-state index is 0.178. The SMILES string of the molecule is CN1C(=CC=Cc2oc3ccc4ccccc4c3[n+]2C)C(Cc2ccccc2)(Cc2ccc(CC3(Cc4ccccc4)C(=CC=Cc4oc5ccc6ccccc6c5[n+]4C)N(C)c4ccccc43)cc2)c2ccccc21.Cc1ccc(S(=O)(=O)[O-])cc1.Cc1ccc(S(=O)(=O)[O-])cc1. The number of hydrogen-bond acceptors (Lipinski definition) is 10. The van der Waals surface area contributed by atoms with Gasteiger partial charge in [0.1, 0.15) is 34.3 Å². The van der Waals surface area contributed by atoms with Crippen molar-refractivity contribution in [2.24, 2.45) is 14.1 Å². The summed E-state index contributed by atoms with van der Waals surface area (Å²) in [5.74, 6) is 1.60. The molecule has 490 valence electrons. The van der Waals surface area contributed by atoms with Crippen LogP contribution in [0.4, 0.5) is 11.4 Å². The van der Waals surface area contributed by atoms with Crippen LogP contribution in [0.25, 0.3) is 55.9 Å². The Labute approximate surface area is 572 Å². The molecule has 12 nitrogen and oxygen atoms in total. The number of aromatic nitrogens is 2. The van der Waals surface area contributed by atoms with Gasteiger partial charge in [-0.05, 0) is 156 Å². The standard InChI is InChI=1S/C70H60N4O2.2C7H8O3S/c1-71-59-31-17-15-29-57(59)69(45-49-21-7-5-8-22-49,63(71)33-19-35-65-73(3)67-55-27-13-11-25-53(55)41-43-61(67)75-65)47-51-37-39-52(40-38-51)48-70(46-50-23-9-6-10-24-50)58-30-16-18-32-60(58)72(2)64(70)34-20-36-66-74(4)68-56-28-14-12-26-54(56)42-44-62(68)76-66;2*1-6-2-4-7(5-3-6)11(8,9)10/h5-44H,45-48H2,1-4H3;2*2-5H,1H3,(H,8,9,10)/q+2;;/p-2. The third-order valence-corrected chi connectivity index (χ3v) is 20.8. The Kier molecular flexibility index (Phi) is 18.4. The Morgan fingerprint density at radius 1 is 0.398 bits per heavy atom. The molecule has 0 aliphatic carbocycles. The molecule has 11 aromatic carbocycles. The van der Waals surface area contributed by atoms with Crippen molar-refractivity contribution in [1.29, 1.82) is 0 Å². The molecule has 0 saturated heterocycles. The number of oxazole rings is 2. The third-order valence-electron chi connectivity index (χ3n) is 19.1. The minimum Gasteiger partial charge on any atom is -0.744 e. The van der Waals surface area contributed by atoms with Gasteiger partial charge < -0.3 is 27.7 Å². The maximum atomic E-state index is 10.4. The van der Waals surface area contributed by atoms with Crippen molar-refractivity contribution >= 4 is 87.5 Å². The van der Waals surface area contributed by atoms with Crippen LogP contribution in [0.3, 0.4) is 0 Å². The number of rotatable bonds is 14. The molecule has 0 saturated carbocycles. The maximum Gasteiger partial charge on any atom is 0.373 e. The molecule has 2 atom stereocenters. The minimum atomic E-state index is -4.27. The normalized spacial score (nSPS) is 16.9. The van der Waals surface area contributed by atoms with Crippen LogP contribution in [0.2, 0.25) is 0 Å². The second-order valence-electron chi connectivity index (χ2n) is 25.4. The summed E-state index contributed by atoms with van der Waals surface area (Å²) in [6.45, 7) is 3.64. The van der Waals surface area contributed by atoms with Gasteiger partial charge in [0.05, 0.1) is 32.7 Å². The molecule has 0 amide bonds. The Morgan fingerprint density at radius 3 is 1.09 bits per heavy atom. The van der Waals surface area contributed by atoms with Gasteiger partial charge in [-0.25, -0.2) is 16.8 Å². The number of aryl methyl sites for hydroxylation is 4. The van der Waals surface area contributed by atoms with Crippen LogP contribution in [0.1, 0.15) is 56.3 Å². The maximum absolute atomic E-state index is 10.4. The lowest BCUT2D eigenvalue weighted by atomic mass is 9.69. The predicted octanol–water partition coefficient (Wildman–Crippen LogP) is 16.5. The number of likely N-dealkylation sites (N-methyl/N-ethyl adjacent to an activating group) is 2. The first kappa shape index (κ1) is 65.9. The van der Waals surface area contributed by atoms with Crippen LogP contribution < -0.4 is 18.9 Å². The molecule has 2 aliphatic heterocycles. The van der Waals surface area contributed by atoms with E-state index < -0.39 is 20.2 Å². The third kappa shape index (κ3) is 13.3. The summed E-state index contributed by atoms with van der Waals surface area (Å²) in [4.78, 5) is 4.46. The summed E-state index contributed by atoms with van der Waals surface area (Å²) in [5, 5.41) is 4.76. The van der Waals surface area contributed by atoms with Crippen molar-refractivity contribution in [3.8, 4) is 0 Å². The first-order valence-corrected chi connectivity index (χ1v) is 35.4. The second kappa shape index (κ2) is 27.4. The van der Waals surface area contributed by atoms with Gasteiger partial charge in [0.25, 0.3) is 11.0 Å². The molecule has 0 N–H and O–H groups in total. The van der Waals surface area contributed by atoms with Crippen molar-refractivity contribution in [2.45, 2.75) is 60.2 Å². The predicted molar refractivity (Wildman–Crippen MR) is 389 cm³/mol. The van der Waals surface area contributed by atoms with Crippen LogP contribution >= 0.6 is 0 Å². The summed E-state index contributed by atoms with van der Waals surface area (Å²) in [5.41, 5.74) is 17.9. The zero-order chi connectivity index (χ0) is 68.3. The Balaban J connectivity index is 0.000000334. The molecule has 98 heavy (non-hydrogen) atoms. The number of para-hydroxylation sites is 2. The highest BCUT2D eigenvalue weighted by Crippen LogP contribution is 2.53. The Bertz CT molecular complexity index is 5130. The van der Waals surface area contributed by atoms with E-state index in [1.54, 1.807) is 24.3 Å². The fraction of sp³-hybridized carbons (Fsp3) is 0.143. The van der Waals surface area contributed by atoms with Crippen LogP contribution in [-0.2, 0) is 70.8 Å². The van der Waals surface area contributed by atoms with Crippen molar-refractivity contribution in [3.63, 3.8) is 0 Å². The highest BCUT2D eigenvalue weighted by atomic mass is 32.2. The fourth-order valence-corrected chi connectivity index (χ4v) is 15.3. The van der Waals surface area contributed by atoms with Gasteiger partial charge in [0, 0.05) is 47.7 Å². The van der Waals surface area contributed by atoms with Crippen molar-refractivity contribution in [1.82, 2.24) is 0 Å². The lowest BCUT2D eigenvalue weighted by molar-refractivity contribution is -0.651. The lowest BCUT2D eigenvalue weighted by Gasteiger charge is -2.34. The lowest BCUT2D eigenvalue weighted by Crippen LogP contribution is -2.35. The molecule has 14 heteroatoms. The van der Waals surface area contributed by atoms with E-state index in [1.165, 1.54) is 102 Å². The summed E-state index contributed by atoms with van der Waals surface area (Å²) in [7, 11) is 0.103. The van der Waals surface area contributed by atoms with E-state index in [9.17, 15) is 25.9 Å². The van der Waals surface area contributed by atoms with E-state index in [4.69, 9.17) is 8.83 Å². The molecule has 4 heterocycles. The number of allylic oxidation sites excluding steroid dienone is 6. The van der Waals surface area contributed by atoms with E-state index in [0.717, 1.165) is 70.8 Å². The molecule has 2 unspecified atom stereocenters. The zero-order valence-electron chi connectivity index (χ0n) is 55.4. The second-order valence-corrected chi connectivity index (χ2v) is 28.2. The van der Waals surface area contributed by atoms with Crippen LogP contribution in [0.15, 0.2) is 309 Å². The van der Waals surface area contributed by atoms with E-state index in [1.807, 2.05) is 13.8 Å². The van der Waals surface area contributed by atoms with Gasteiger partial charge in [0.2, 0.25) is 11.2 Å². The summed E-state index contributed by atoms with van der Waals surface area (Å²) < 4.78 is 79.7. The Morgan fingerprint density at radius 2 is 0.724 bits per heavy atom. The fourth-order valence-electron chi connectivity index (χ4n) is 14.3. The molecule has 15 rings (SSSR count). The highest BCUT2D eigenvalue weighted by Gasteiger charge is 2.48. The number of benzene rings is 11. The topological polar surface area (TPSA) is 155 Å². The number of nitrogens with zero attached hydrogens (tertiary/aromatic N) is 4. The van der Waals surface area contributed by atoms with Gasteiger partial charge in [-0.15, -0.1) is 0 Å². The molecule has 0 spiro atoms. The molecule has 0 radical (unpaired) electrons. The van der Waals surface area contributed by atoms with E-state index >= 15 is 0 Å². The molecule has 0 fully saturated rings. The molecule has 2 aromatic heterocycles. The monoisotopic (exact) mass is 1330 g/mol. The highest BCUT2D eigenvalue weighted by molar-refractivity contribution is 7.86. The van der Waals surface area contributed by atoms with Crippen LogP contribution in [0.5, 0.6) is 0 Å². The molecular weight excluding hydrogens is 1260 g/mol. The number of hydrogen-bond donors (Lipinski definition) is 0. The Hall–Kier alpha value is -10.7. The number of anilines is 2. The largest absolute Gasteiger partial charge is 0.744 e. The van der Waals surface area contributed by atoms with Crippen molar-refractivity contribution < 1.29 is 43.9 Å². The van der Waals surface area contributed by atoms with E-state index in [2.05, 4.69) is 290 Å². The van der Waals surface area contributed by atoms with Gasteiger partial charge >= 0.3 is 11.8 Å². The first-order valence-electron chi connectivity index (χ1n) is 32.5. The van der Waals surface area contributed by atoms with Crippen LogP contribution in [0, 0.1) is 13.8 Å². The summed E-state index contributed by atoms with van der Waals surface area (Å²) >= 11 is 0. The van der Waals surface area contributed by atoms with E-state index in [-0.39, 0.29) is 20.6 Å². The molecule has 0 bridgehead atoms. The van der Waals surface area contributed by atoms with Gasteiger partial charge in [-0.2, -0.15) is 9.13 Å². The van der Waals surface area contributed by atoms with Gasteiger partial charge in [-0.3, -0.25) is 0 Å². The van der Waals surface area contributed by atoms with E-state index in [0.29, 0.717) is 0 Å². The molecule has 13 aromatic rings. The smallest absolute Gasteiger partial charge is 0.373 e. The van der Waals surface area contributed by atoms with Crippen LogP contribution in [-0.4, -0.2) is 40.0 Å². The average Bonchev–Trinajstić information content (AvgIpc) is 1.58. The van der Waals surface area contributed by atoms with Gasteiger partial charge in [-0.1, -0.05) is 217 Å². The quantitative estimate of drug-likeness (QED) is 0.0759. The van der Waals surface area contributed by atoms with Crippen molar-refractivity contribution in [2.75, 3.05) is 23.9 Å². The van der Waals surface area contributed by atoms with Crippen molar-refractivity contribution in [3.05, 3.63) is 347 Å². The summed E-state index contributed by atoms with van der Waals surface area (Å²) in [6, 6.07) is 86.6. The average molecular weight is 1330 g/mol. The first-order chi connectivity index (χ1) is 47.3. The zero-order valence-corrected chi connectivity index (χ0v) is 57.0. The summed E-state index contributed by atoms with van der Waals surface area (Å²) in [6.07, 6.45) is 16.6.